The third-order valence-corrected chi connectivity index (χ3v) is 4.44. The number of thiazole rings is 1. The van der Waals surface area contributed by atoms with Crippen molar-refractivity contribution in [2.45, 2.75) is 39.3 Å². The molecule has 1 amide bonds. The Morgan fingerprint density at radius 2 is 2.42 bits per heavy atom. The van der Waals surface area contributed by atoms with Gasteiger partial charge in [-0.05, 0) is 26.7 Å². The zero-order valence-corrected chi connectivity index (χ0v) is 12.0. The molecule has 3 rings (SSSR count). The molecule has 0 bridgehead atoms. The number of piperidine rings is 1. The minimum Gasteiger partial charge on any atom is -0.355 e. The Morgan fingerprint density at radius 3 is 3.21 bits per heavy atom. The summed E-state index contributed by atoms with van der Waals surface area (Å²) in [5.74, 6) is 0.117. The molecule has 0 aliphatic carbocycles. The van der Waals surface area contributed by atoms with Crippen molar-refractivity contribution in [1.29, 1.82) is 0 Å². The smallest absolute Gasteiger partial charge is 0.237 e. The molecule has 1 fully saturated rings. The lowest BCUT2D eigenvalue weighted by Crippen LogP contribution is -2.48. The zero-order chi connectivity index (χ0) is 13.4. The molecule has 19 heavy (non-hydrogen) atoms. The lowest BCUT2D eigenvalue weighted by atomic mass is 10.1. The van der Waals surface area contributed by atoms with Gasteiger partial charge in [-0.15, -0.1) is 11.3 Å². The largest absolute Gasteiger partial charge is 0.355 e. The minimum absolute atomic E-state index is 0.0709. The molecule has 3 heterocycles. The summed E-state index contributed by atoms with van der Waals surface area (Å²) in [5.41, 5.74) is 2.19. The van der Waals surface area contributed by atoms with Crippen molar-refractivity contribution in [2.75, 3.05) is 6.54 Å². The fraction of sp³-hybridized carbons (Fsp3) is 0.538. The molecule has 6 heteroatoms. The van der Waals surface area contributed by atoms with Crippen LogP contribution in [-0.4, -0.2) is 27.9 Å². The van der Waals surface area contributed by atoms with Gasteiger partial charge in [-0.2, -0.15) is 0 Å². The predicted octanol–water partition coefficient (Wildman–Crippen LogP) is 1.38. The van der Waals surface area contributed by atoms with Crippen molar-refractivity contribution >= 4 is 22.2 Å². The first-order chi connectivity index (χ1) is 9.15. The summed E-state index contributed by atoms with van der Waals surface area (Å²) < 4.78 is 2.13. The van der Waals surface area contributed by atoms with Gasteiger partial charge in [0.05, 0.1) is 17.4 Å². The number of fused-ring (bicyclic) bond motifs is 1. The molecule has 2 aromatic rings. The molecule has 1 aliphatic rings. The van der Waals surface area contributed by atoms with Gasteiger partial charge >= 0.3 is 0 Å². The number of rotatable bonds is 3. The van der Waals surface area contributed by atoms with Gasteiger partial charge in [0.15, 0.2) is 4.96 Å². The molecule has 0 aromatic carbocycles. The van der Waals surface area contributed by atoms with Crippen molar-refractivity contribution < 1.29 is 4.79 Å². The van der Waals surface area contributed by atoms with Gasteiger partial charge in [0.25, 0.3) is 0 Å². The third kappa shape index (κ3) is 2.37. The summed E-state index contributed by atoms with van der Waals surface area (Å²) >= 11 is 1.69. The number of hydrogen-bond acceptors (Lipinski definition) is 4. The summed E-state index contributed by atoms with van der Waals surface area (Å²) in [6, 6.07) is -0.0709. The van der Waals surface area contributed by atoms with Crippen LogP contribution >= 0.6 is 11.3 Å². The van der Waals surface area contributed by atoms with Crippen LogP contribution in [0, 0.1) is 13.8 Å². The second-order valence-electron chi connectivity index (χ2n) is 5.01. The van der Waals surface area contributed by atoms with Crippen LogP contribution in [-0.2, 0) is 11.3 Å². The molecule has 2 aromatic heterocycles. The number of amides is 1. The van der Waals surface area contributed by atoms with Crippen LogP contribution in [0.5, 0.6) is 0 Å². The second-order valence-corrected chi connectivity index (χ2v) is 6.22. The van der Waals surface area contributed by atoms with E-state index < -0.39 is 0 Å². The van der Waals surface area contributed by atoms with Gasteiger partial charge in [-0.25, -0.2) is 4.98 Å². The van der Waals surface area contributed by atoms with E-state index >= 15 is 0 Å². The Labute approximate surface area is 116 Å². The summed E-state index contributed by atoms with van der Waals surface area (Å²) in [4.78, 5) is 18.5. The molecule has 2 N–H and O–H groups in total. The van der Waals surface area contributed by atoms with Gasteiger partial charge in [-0.3, -0.25) is 9.20 Å². The number of hydrogen-bond donors (Lipinski definition) is 2. The topological polar surface area (TPSA) is 58.4 Å². The first-order valence-corrected chi connectivity index (χ1v) is 7.42. The fourth-order valence-corrected chi connectivity index (χ4v) is 3.40. The SMILES string of the molecule is Cc1cn2c(CNC3CCCNC3=O)c(C)nc2s1. The molecule has 1 saturated heterocycles. The number of nitrogens with zero attached hydrogens (tertiary/aromatic N) is 2. The van der Waals surface area contributed by atoms with Gasteiger partial charge in [0.1, 0.15) is 0 Å². The molecule has 0 radical (unpaired) electrons. The maximum absolute atomic E-state index is 11.7. The van der Waals surface area contributed by atoms with Crippen LogP contribution in [0.3, 0.4) is 0 Å². The highest BCUT2D eigenvalue weighted by molar-refractivity contribution is 7.17. The third-order valence-electron chi connectivity index (χ3n) is 3.54. The molecular weight excluding hydrogens is 260 g/mol. The van der Waals surface area contributed by atoms with E-state index in [9.17, 15) is 4.79 Å². The number of carbonyl (C=O) groups is 1. The van der Waals surface area contributed by atoms with Crippen LogP contribution < -0.4 is 10.6 Å². The van der Waals surface area contributed by atoms with Crippen LogP contribution in [0.4, 0.5) is 0 Å². The lowest BCUT2D eigenvalue weighted by molar-refractivity contribution is -0.124. The van der Waals surface area contributed by atoms with Crippen LogP contribution in [0.1, 0.15) is 29.1 Å². The molecule has 1 unspecified atom stereocenters. The average molecular weight is 278 g/mol. The van der Waals surface area contributed by atoms with Crippen LogP contribution in [0.15, 0.2) is 6.20 Å². The summed E-state index contributed by atoms with van der Waals surface area (Å²) in [6.45, 7) is 5.59. The first kappa shape index (κ1) is 12.6. The van der Waals surface area contributed by atoms with E-state index in [0.29, 0.717) is 6.54 Å². The maximum Gasteiger partial charge on any atom is 0.237 e. The highest BCUT2D eigenvalue weighted by Crippen LogP contribution is 2.20. The van der Waals surface area contributed by atoms with Crippen molar-refractivity contribution in [1.82, 2.24) is 20.0 Å². The number of imidazole rings is 1. The number of aryl methyl sites for hydroxylation is 2. The zero-order valence-electron chi connectivity index (χ0n) is 11.2. The van der Waals surface area contributed by atoms with E-state index in [1.54, 1.807) is 11.3 Å². The van der Waals surface area contributed by atoms with Crippen LogP contribution in [0.25, 0.3) is 4.96 Å². The molecule has 5 nitrogen and oxygen atoms in total. The van der Waals surface area contributed by atoms with E-state index in [0.717, 1.165) is 35.7 Å². The molecule has 1 aliphatic heterocycles. The Morgan fingerprint density at radius 1 is 1.58 bits per heavy atom. The Hall–Kier alpha value is -1.40. The lowest BCUT2D eigenvalue weighted by Gasteiger charge is -2.22. The number of carbonyl (C=O) groups excluding carboxylic acids is 1. The Kier molecular flexibility index (Phi) is 3.28. The van der Waals surface area contributed by atoms with Crippen molar-refractivity contribution in [2.24, 2.45) is 0 Å². The Balaban J connectivity index is 1.77. The summed E-state index contributed by atoms with van der Waals surface area (Å²) in [6.07, 6.45) is 4.06. The highest BCUT2D eigenvalue weighted by Gasteiger charge is 2.22. The quantitative estimate of drug-likeness (QED) is 0.892. The van der Waals surface area contributed by atoms with Crippen molar-refractivity contribution in [3.05, 3.63) is 22.5 Å². The first-order valence-electron chi connectivity index (χ1n) is 6.60. The molecule has 0 spiro atoms. The normalized spacial score (nSPS) is 19.9. The molecule has 102 valence electrons. The minimum atomic E-state index is -0.0709. The van der Waals surface area contributed by atoms with Crippen molar-refractivity contribution in [3.63, 3.8) is 0 Å². The molecular formula is C13H18N4OS. The van der Waals surface area contributed by atoms with E-state index in [-0.39, 0.29) is 11.9 Å². The summed E-state index contributed by atoms with van der Waals surface area (Å²) in [7, 11) is 0. The predicted molar refractivity (Wildman–Crippen MR) is 75.4 cm³/mol. The number of aromatic nitrogens is 2. The van der Waals surface area contributed by atoms with E-state index in [1.807, 2.05) is 6.92 Å². The number of nitrogens with one attached hydrogen (secondary N) is 2. The average Bonchev–Trinajstić information content (AvgIpc) is 2.84. The van der Waals surface area contributed by atoms with E-state index in [1.165, 1.54) is 4.88 Å². The van der Waals surface area contributed by atoms with Crippen molar-refractivity contribution in [3.8, 4) is 0 Å². The van der Waals surface area contributed by atoms with Gasteiger partial charge < -0.3 is 10.6 Å². The van der Waals surface area contributed by atoms with Gasteiger partial charge in [0.2, 0.25) is 5.91 Å². The van der Waals surface area contributed by atoms with E-state index in [4.69, 9.17) is 0 Å². The van der Waals surface area contributed by atoms with E-state index in [2.05, 4.69) is 33.1 Å². The van der Waals surface area contributed by atoms with Crippen LogP contribution in [0.2, 0.25) is 0 Å². The molecule has 1 atom stereocenters. The Bertz CT molecular complexity index is 615. The van der Waals surface area contributed by atoms with Gasteiger partial charge in [0, 0.05) is 24.2 Å². The molecule has 0 saturated carbocycles. The second kappa shape index (κ2) is 4.94. The monoisotopic (exact) mass is 278 g/mol. The fourth-order valence-electron chi connectivity index (χ4n) is 2.51. The highest BCUT2D eigenvalue weighted by atomic mass is 32.1. The summed E-state index contributed by atoms with van der Waals surface area (Å²) in [5, 5.41) is 6.24. The maximum atomic E-state index is 11.7. The van der Waals surface area contributed by atoms with Gasteiger partial charge in [-0.1, -0.05) is 0 Å². The standard InChI is InChI=1S/C13H18N4OS/c1-8-7-17-11(9(2)16-13(17)19-8)6-15-10-4-3-5-14-12(10)18/h7,10,15H,3-6H2,1-2H3,(H,14,18).